The molecule has 6 heteroatoms. The first-order chi connectivity index (χ1) is 12.2. The third kappa shape index (κ3) is 3.32. The average Bonchev–Trinajstić information content (AvgIpc) is 3.25. The van der Waals surface area contributed by atoms with Crippen LogP contribution in [0.2, 0.25) is 0 Å². The maximum atomic E-state index is 12.4. The van der Waals surface area contributed by atoms with Crippen molar-refractivity contribution in [1.82, 2.24) is 15.6 Å². The second kappa shape index (κ2) is 6.54. The molecule has 2 aliphatic rings. The highest BCUT2D eigenvalue weighted by Gasteiger charge is 2.39. The van der Waals surface area contributed by atoms with E-state index < -0.39 is 0 Å². The molecule has 4 rings (SSSR count). The highest BCUT2D eigenvalue weighted by Crippen LogP contribution is 2.28. The first-order valence-corrected chi connectivity index (χ1v) is 8.42. The normalized spacial score (nSPS) is 23.9. The molecule has 2 fully saturated rings. The number of carbonyl (C=O) groups excluding carboxylic acids is 1. The molecule has 126 valence electrons. The Bertz CT molecular complexity index is 828. The summed E-state index contributed by atoms with van der Waals surface area (Å²) in [6.45, 7) is 0. The van der Waals surface area contributed by atoms with Gasteiger partial charge in [-0.05, 0) is 49.6 Å². The molecule has 0 saturated carbocycles. The fourth-order valence-electron chi connectivity index (χ4n) is 3.57. The number of rotatable bonds is 4. The Morgan fingerprint density at radius 3 is 2.80 bits per heavy atom. The Labute approximate surface area is 145 Å². The minimum absolute atomic E-state index is 0.0597. The van der Waals surface area contributed by atoms with Crippen molar-refractivity contribution in [2.75, 3.05) is 0 Å². The minimum atomic E-state index is -0.0597. The van der Waals surface area contributed by atoms with E-state index in [1.54, 1.807) is 36.4 Å². The van der Waals surface area contributed by atoms with Crippen molar-refractivity contribution in [1.29, 1.82) is 5.26 Å². The molecule has 2 bridgehead atoms. The van der Waals surface area contributed by atoms with E-state index in [0.29, 0.717) is 34.8 Å². The van der Waals surface area contributed by atoms with Gasteiger partial charge in [-0.2, -0.15) is 5.26 Å². The van der Waals surface area contributed by atoms with Crippen LogP contribution >= 0.6 is 0 Å². The van der Waals surface area contributed by atoms with Gasteiger partial charge in [0.05, 0.1) is 11.6 Å². The summed E-state index contributed by atoms with van der Waals surface area (Å²) in [5.41, 5.74) is 1.09. The summed E-state index contributed by atoms with van der Waals surface area (Å²) in [7, 11) is 0. The predicted molar refractivity (Wildman–Crippen MR) is 91.3 cm³/mol. The number of aromatic nitrogens is 1. The predicted octanol–water partition coefficient (Wildman–Crippen LogP) is 2.37. The van der Waals surface area contributed by atoms with E-state index in [4.69, 9.17) is 10.00 Å². The fourth-order valence-corrected chi connectivity index (χ4v) is 3.57. The molecule has 1 aromatic carbocycles. The molecule has 6 nitrogen and oxygen atoms in total. The number of pyridine rings is 1. The number of benzene rings is 1. The summed E-state index contributed by atoms with van der Waals surface area (Å²) >= 11 is 0. The van der Waals surface area contributed by atoms with E-state index in [2.05, 4.69) is 15.6 Å². The van der Waals surface area contributed by atoms with Gasteiger partial charge in [-0.1, -0.05) is 0 Å². The summed E-state index contributed by atoms with van der Waals surface area (Å²) in [4.78, 5) is 16.5. The largest absolute Gasteiger partial charge is 0.439 e. The molecule has 2 aliphatic heterocycles. The molecule has 1 amide bonds. The van der Waals surface area contributed by atoms with Crippen LogP contribution in [0.5, 0.6) is 11.6 Å². The van der Waals surface area contributed by atoms with Crippen molar-refractivity contribution in [2.24, 2.45) is 0 Å². The van der Waals surface area contributed by atoms with Gasteiger partial charge in [-0.25, -0.2) is 4.98 Å². The van der Waals surface area contributed by atoms with E-state index in [-0.39, 0.29) is 11.9 Å². The van der Waals surface area contributed by atoms with E-state index in [9.17, 15) is 4.79 Å². The van der Waals surface area contributed by atoms with Crippen molar-refractivity contribution >= 4 is 5.91 Å². The lowest BCUT2D eigenvalue weighted by atomic mass is 9.95. The molecule has 2 saturated heterocycles. The highest BCUT2D eigenvalue weighted by atomic mass is 16.5. The molecule has 2 N–H and O–H groups in total. The van der Waals surface area contributed by atoms with Crippen molar-refractivity contribution in [3.05, 3.63) is 53.7 Å². The standard InChI is InChI=1S/C19H18N4O2/c20-11-12-7-8-21-18(9-12)25-15-4-1-13(2-5-15)19(24)23-17-10-14-3-6-16(17)22-14/h1-2,4-5,7-9,14,16-17,22H,3,6,10H2,(H,23,24). The van der Waals surface area contributed by atoms with E-state index in [1.165, 1.54) is 12.6 Å². The first kappa shape index (κ1) is 15.6. The Balaban J connectivity index is 1.39. The lowest BCUT2D eigenvalue weighted by molar-refractivity contribution is 0.0931. The number of fused-ring (bicyclic) bond motifs is 2. The van der Waals surface area contributed by atoms with Gasteiger partial charge in [0.15, 0.2) is 0 Å². The number of nitrogens with one attached hydrogen (secondary N) is 2. The van der Waals surface area contributed by atoms with Crippen molar-refractivity contribution in [3.63, 3.8) is 0 Å². The number of carbonyl (C=O) groups is 1. The second-order valence-corrected chi connectivity index (χ2v) is 6.48. The van der Waals surface area contributed by atoms with Gasteiger partial charge < -0.3 is 15.4 Å². The van der Waals surface area contributed by atoms with Gasteiger partial charge in [-0.15, -0.1) is 0 Å². The zero-order chi connectivity index (χ0) is 17.2. The average molecular weight is 334 g/mol. The third-order valence-corrected chi connectivity index (χ3v) is 4.82. The summed E-state index contributed by atoms with van der Waals surface area (Å²) < 4.78 is 5.63. The van der Waals surface area contributed by atoms with Crippen LogP contribution < -0.4 is 15.4 Å². The molecule has 3 heterocycles. The van der Waals surface area contributed by atoms with Crippen LogP contribution in [0.15, 0.2) is 42.6 Å². The van der Waals surface area contributed by atoms with E-state index >= 15 is 0 Å². The summed E-state index contributed by atoms with van der Waals surface area (Å²) in [5.74, 6) is 0.862. The summed E-state index contributed by atoms with van der Waals surface area (Å²) in [6.07, 6.45) is 4.89. The van der Waals surface area contributed by atoms with Crippen LogP contribution in [0, 0.1) is 11.3 Å². The Hall–Kier alpha value is -2.91. The number of hydrogen-bond acceptors (Lipinski definition) is 5. The number of amides is 1. The Morgan fingerprint density at radius 2 is 2.12 bits per heavy atom. The van der Waals surface area contributed by atoms with Crippen molar-refractivity contribution in [2.45, 2.75) is 37.4 Å². The lowest BCUT2D eigenvalue weighted by Gasteiger charge is -2.21. The quantitative estimate of drug-likeness (QED) is 0.896. The second-order valence-electron chi connectivity index (χ2n) is 6.48. The third-order valence-electron chi connectivity index (χ3n) is 4.82. The molecule has 1 aromatic heterocycles. The molecule has 3 atom stereocenters. The SMILES string of the molecule is N#Cc1ccnc(Oc2ccc(C(=O)NC3CC4CCC3N4)cc2)c1. The van der Waals surface area contributed by atoms with E-state index in [1.807, 2.05) is 6.07 Å². The highest BCUT2D eigenvalue weighted by molar-refractivity contribution is 5.94. The van der Waals surface area contributed by atoms with Gasteiger partial charge in [-0.3, -0.25) is 4.79 Å². The lowest BCUT2D eigenvalue weighted by Crippen LogP contribution is -2.42. The molecule has 0 spiro atoms. The van der Waals surface area contributed by atoms with Crippen LogP contribution in [0.4, 0.5) is 0 Å². The van der Waals surface area contributed by atoms with Crippen LogP contribution in [0.1, 0.15) is 35.2 Å². The van der Waals surface area contributed by atoms with Gasteiger partial charge >= 0.3 is 0 Å². The van der Waals surface area contributed by atoms with Crippen LogP contribution in [0.25, 0.3) is 0 Å². The molecular formula is C19H18N4O2. The molecule has 3 unspecified atom stereocenters. The Kier molecular flexibility index (Phi) is 4.08. The smallest absolute Gasteiger partial charge is 0.251 e. The van der Waals surface area contributed by atoms with Crippen molar-refractivity contribution in [3.8, 4) is 17.7 Å². The summed E-state index contributed by atoms with van der Waals surface area (Å²) in [5, 5.41) is 15.5. The number of nitriles is 1. The fraction of sp³-hybridized carbons (Fsp3) is 0.316. The van der Waals surface area contributed by atoms with Gasteiger partial charge in [0, 0.05) is 36.0 Å². The van der Waals surface area contributed by atoms with Gasteiger partial charge in [0.2, 0.25) is 5.88 Å². The Morgan fingerprint density at radius 1 is 1.28 bits per heavy atom. The maximum absolute atomic E-state index is 12.4. The number of hydrogen-bond donors (Lipinski definition) is 2. The number of nitrogens with zero attached hydrogens (tertiary/aromatic N) is 2. The summed E-state index contributed by atoms with van der Waals surface area (Å²) in [6, 6.07) is 13.4. The van der Waals surface area contributed by atoms with Crippen LogP contribution in [0.3, 0.4) is 0 Å². The zero-order valence-corrected chi connectivity index (χ0v) is 13.6. The topological polar surface area (TPSA) is 87.0 Å². The first-order valence-electron chi connectivity index (χ1n) is 8.42. The van der Waals surface area contributed by atoms with Gasteiger partial charge in [0.1, 0.15) is 5.75 Å². The van der Waals surface area contributed by atoms with Gasteiger partial charge in [0.25, 0.3) is 5.91 Å². The maximum Gasteiger partial charge on any atom is 0.251 e. The van der Waals surface area contributed by atoms with Crippen molar-refractivity contribution < 1.29 is 9.53 Å². The molecule has 0 aliphatic carbocycles. The number of ether oxygens (including phenoxy) is 1. The molecular weight excluding hydrogens is 316 g/mol. The minimum Gasteiger partial charge on any atom is -0.439 e. The molecule has 0 radical (unpaired) electrons. The molecule has 2 aromatic rings. The van der Waals surface area contributed by atoms with Crippen LogP contribution in [-0.4, -0.2) is 29.0 Å². The zero-order valence-electron chi connectivity index (χ0n) is 13.6. The van der Waals surface area contributed by atoms with Crippen LogP contribution in [-0.2, 0) is 0 Å². The molecule has 25 heavy (non-hydrogen) atoms. The monoisotopic (exact) mass is 334 g/mol. The van der Waals surface area contributed by atoms with E-state index in [0.717, 1.165) is 12.8 Å².